The molecule has 0 amide bonds. The number of aliphatic imine (C=N–C) groups is 1. The van der Waals surface area contributed by atoms with E-state index in [0.29, 0.717) is 13.0 Å². The molecular weight excluding hydrogens is 437 g/mol. The molecule has 3 N–H and O–H groups in total. The van der Waals surface area contributed by atoms with Gasteiger partial charge in [-0.1, -0.05) is 60.7 Å². The van der Waals surface area contributed by atoms with Crippen LogP contribution in [0.4, 0.5) is 0 Å². The number of hydrogen-bond acceptors (Lipinski definition) is 2. The molecule has 0 radical (unpaired) electrons. The molecule has 2 aromatic carbocycles. The van der Waals surface area contributed by atoms with Crippen molar-refractivity contribution >= 4 is 29.9 Å². The molecule has 0 heterocycles. The van der Waals surface area contributed by atoms with Crippen LogP contribution in [0.1, 0.15) is 37.0 Å². The Labute approximate surface area is 174 Å². The van der Waals surface area contributed by atoms with Gasteiger partial charge in [-0.2, -0.15) is 0 Å². The summed E-state index contributed by atoms with van der Waals surface area (Å²) in [6.45, 7) is 4.35. The van der Waals surface area contributed by atoms with Crippen molar-refractivity contribution in [1.82, 2.24) is 10.6 Å². The van der Waals surface area contributed by atoms with Crippen molar-refractivity contribution in [2.24, 2.45) is 4.99 Å². The molecule has 0 bridgehead atoms. The van der Waals surface area contributed by atoms with E-state index >= 15 is 0 Å². The predicted molar refractivity (Wildman–Crippen MR) is 120 cm³/mol. The Morgan fingerprint density at radius 1 is 1.00 bits per heavy atom. The van der Waals surface area contributed by atoms with E-state index < -0.39 is 6.10 Å². The van der Waals surface area contributed by atoms with Crippen molar-refractivity contribution in [2.45, 2.75) is 32.3 Å². The van der Waals surface area contributed by atoms with Crippen LogP contribution in [0, 0.1) is 0 Å². The lowest BCUT2D eigenvalue weighted by Crippen LogP contribution is -2.38. The van der Waals surface area contributed by atoms with Crippen LogP contribution in [0.5, 0.6) is 0 Å². The van der Waals surface area contributed by atoms with Gasteiger partial charge in [0, 0.05) is 19.6 Å². The minimum Gasteiger partial charge on any atom is -0.388 e. The van der Waals surface area contributed by atoms with E-state index in [1.165, 1.54) is 5.56 Å². The number of aliphatic hydroxyl groups is 1. The van der Waals surface area contributed by atoms with E-state index in [9.17, 15) is 5.11 Å². The third kappa shape index (κ3) is 8.67. The van der Waals surface area contributed by atoms with Gasteiger partial charge in [0.1, 0.15) is 0 Å². The van der Waals surface area contributed by atoms with E-state index in [1.54, 1.807) is 0 Å². The summed E-state index contributed by atoms with van der Waals surface area (Å²) in [5.74, 6) is 0.816. The van der Waals surface area contributed by atoms with Gasteiger partial charge in [0.05, 0.1) is 6.10 Å². The van der Waals surface area contributed by atoms with Gasteiger partial charge in [-0.05, 0) is 37.3 Å². The topological polar surface area (TPSA) is 56.7 Å². The molecule has 1 unspecified atom stereocenters. The molecule has 4 nitrogen and oxygen atoms in total. The van der Waals surface area contributed by atoms with Crippen LogP contribution in [0.2, 0.25) is 0 Å². The molecule has 0 saturated carbocycles. The number of guanidine groups is 1. The van der Waals surface area contributed by atoms with Crippen molar-refractivity contribution in [3.8, 4) is 0 Å². The van der Waals surface area contributed by atoms with Crippen LogP contribution >= 0.6 is 24.0 Å². The SMILES string of the molecule is CCNC(=NCCCc1ccccc1)NCCC(O)c1ccccc1.I. The van der Waals surface area contributed by atoms with Gasteiger partial charge in [-0.15, -0.1) is 24.0 Å². The Hall–Kier alpha value is -1.60. The maximum Gasteiger partial charge on any atom is 0.191 e. The van der Waals surface area contributed by atoms with Gasteiger partial charge in [0.15, 0.2) is 5.96 Å². The lowest BCUT2D eigenvalue weighted by Gasteiger charge is -2.14. The molecule has 0 aliphatic rings. The number of halogens is 1. The molecule has 2 rings (SSSR count). The molecule has 5 heteroatoms. The van der Waals surface area contributed by atoms with Gasteiger partial charge in [-0.25, -0.2) is 0 Å². The first-order valence-corrected chi connectivity index (χ1v) is 9.08. The van der Waals surface area contributed by atoms with E-state index in [0.717, 1.165) is 37.5 Å². The molecular formula is C21H30IN3O. The summed E-state index contributed by atoms with van der Waals surface area (Å²) in [6, 6.07) is 20.2. The molecule has 142 valence electrons. The number of nitrogens with zero attached hydrogens (tertiary/aromatic N) is 1. The quantitative estimate of drug-likeness (QED) is 0.227. The first-order chi connectivity index (χ1) is 12.3. The van der Waals surface area contributed by atoms with Crippen molar-refractivity contribution in [2.75, 3.05) is 19.6 Å². The highest BCUT2D eigenvalue weighted by Crippen LogP contribution is 2.14. The van der Waals surface area contributed by atoms with Crippen LogP contribution < -0.4 is 10.6 Å². The van der Waals surface area contributed by atoms with Crippen molar-refractivity contribution in [3.63, 3.8) is 0 Å². The average molecular weight is 467 g/mol. The molecule has 0 fully saturated rings. The predicted octanol–water partition coefficient (Wildman–Crippen LogP) is 3.92. The summed E-state index contributed by atoms with van der Waals surface area (Å²) in [7, 11) is 0. The number of aliphatic hydroxyl groups excluding tert-OH is 1. The Morgan fingerprint density at radius 3 is 2.31 bits per heavy atom. The van der Waals surface area contributed by atoms with Crippen molar-refractivity contribution in [1.29, 1.82) is 0 Å². The number of nitrogens with one attached hydrogen (secondary N) is 2. The number of rotatable bonds is 9. The third-order valence-corrected chi connectivity index (χ3v) is 3.98. The number of aryl methyl sites for hydroxylation is 1. The average Bonchev–Trinajstić information content (AvgIpc) is 2.66. The third-order valence-electron chi connectivity index (χ3n) is 3.98. The largest absolute Gasteiger partial charge is 0.388 e. The molecule has 2 aromatic rings. The molecule has 26 heavy (non-hydrogen) atoms. The van der Waals surface area contributed by atoms with Gasteiger partial charge in [0.25, 0.3) is 0 Å². The highest BCUT2D eigenvalue weighted by atomic mass is 127. The minimum absolute atomic E-state index is 0. The highest BCUT2D eigenvalue weighted by molar-refractivity contribution is 14.0. The molecule has 0 aliphatic heterocycles. The zero-order valence-corrected chi connectivity index (χ0v) is 17.7. The maximum atomic E-state index is 10.2. The zero-order chi connectivity index (χ0) is 17.7. The summed E-state index contributed by atoms with van der Waals surface area (Å²) in [5, 5.41) is 16.8. The van der Waals surface area contributed by atoms with Crippen molar-refractivity contribution < 1.29 is 5.11 Å². The van der Waals surface area contributed by atoms with Gasteiger partial charge >= 0.3 is 0 Å². The van der Waals surface area contributed by atoms with Gasteiger partial charge in [0.2, 0.25) is 0 Å². The molecule has 0 spiro atoms. The zero-order valence-electron chi connectivity index (χ0n) is 15.4. The Balaban J connectivity index is 0.00000338. The molecule has 0 saturated heterocycles. The fraction of sp³-hybridized carbons (Fsp3) is 0.381. The summed E-state index contributed by atoms with van der Waals surface area (Å²) in [4.78, 5) is 4.61. The number of hydrogen-bond donors (Lipinski definition) is 3. The second-order valence-electron chi connectivity index (χ2n) is 5.99. The van der Waals surface area contributed by atoms with Crippen LogP contribution in [-0.2, 0) is 6.42 Å². The van der Waals surface area contributed by atoms with Crippen LogP contribution in [-0.4, -0.2) is 30.7 Å². The van der Waals surface area contributed by atoms with E-state index in [1.807, 2.05) is 36.4 Å². The lowest BCUT2D eigenvalue weighted by molar-refractivity contribution is 0.168. The monoisotopic (exact) mass is 467 g/mol. The van der Waals surface area contributed by atoms with Crippen LogP contribution in [0.25, 0.3) is 0 Å². The first kappa shape index (κ1) is 22.4. The normalized spacial score (nSPS) is 12.2. The van der Waals surface area contributed by atoms with E-state index in [4.69, 9.17) is 0 Å². The Kier molecular flexibility index (Phi) is 11.7. The fourth-order valence-electron chi connectivity index (χ4n) is 2.63. The second kappa shape index (κ2) is 13.6. The summed E-state index contributed by atoms with van der Waals surface area (Å²) in [5.41, 5.74) is 2.30. The second-order valence-corrected chi connectivity index (χ2v) is 5.99. The number of benzene rings is 2. The summed E-state index contributed by atoms with van der Waals surface area (Å²) < 4.78 is 0. The first-order valence-electron chi connectivity index (χ1n) is 9.08. The van der Waals surface area contributed by atoms with E-state index in [-0.39, 0.29) is 24.0 Å². The summed E-state index contributed by atoms with van der Waals surface area (Å²) in [6.07, 6.45) is 2.26. The van der Waals surface area contributed by atoms with Gasteiger partial charge in [-0.3, -0.25) is 4.99 Å². The standard InChI is InChI=1S/C21H29N3O.HI/c1-2-22-21(23-16-9-12-18-10-5-3-6-11-18)24-17-15-20(25)19-13-7-4-8-14-19;/h3-8,10-11,13-14,20,25H,2,9,12,15-17H2,1H3,(H2,22,23,24);1H. The minimum atomic E-state index is -0.449. The van der Waals surface area contributed by atoms with E-state index in [2.05, 4.69) is 46.8 Å². The van der Waals surface area contributed by atoms with Crippen molar-refractivity contribution in [3.05, 3.63) is 71.8 Å². The molecule has 0 aliphatic carbocycles. The van der Waals surface area contributed by atoms with Crippen LogP contribution in [0.15, 0.2) is 65.7 Å². The molecule has 0 aromatic heterocycles. The highest BCUT2D eigenvalue weighted by Gasteiger charge is 2.06. The fourth-order valence-corrected chi connectivity index (χ4v) is 2.63. The summed E-state index contributed by atoms with van der Waals surface area (Å²) >= 11 is 0. The van der Waals surface area contributed by atoms with Gasteiger partial charge < -0.3 is 15.7 Å². The maximum absolute atomic E-state index is 10.2. The Bertz CT molecular complexity index is 620. The smallest absolute Gasteiger partial charge is 0.191 e. The lowest BCUT2D eigenvalue weighted by atomic mass is 10.1. The Morgan fingerprint density at radius 2 is 1.65 bits per heavy atom. The van der Waals surface area contributed by atoms with Crippen LogP contribution in [0.3, 0.4) is 0 Å². The molecule has 1 atom stereocenters.